The number of nitrogens with zero attached hydrogens (tertiary/aromatic N) is 1. The third-order valence-electron chi connectivity index (χ3n) is 3.70. The molecule has 0 fully saturated rings. The summed E-state index contributed by atoms with van der Waals surface area (Å²) >= 11 is 6.24. The van der Waals surface area contributed by atoms with Gasteiger partial charge in [0.2, 0.25) is 6.79 Å². The van der Waals surface area contributed by atoms with Gasteiger partial charge < -0.3 is 15.2 Å². The zero-order valence-electron chi connectivity index (χ0n) is 12.2. The molecule has 0 aliphatic carbocycles. The molecule has 1 heterocycles. The molecular weight excluding hydrogens is 276 g/mol. The number of benzene rings is 1. The summed E-state index contributed by atoms with van der Waals surface area (Å²) in [6, 6.07) is 4.07. The van der Waals surface area contributed by atoms with E-state index in [2.05, 4.69) is 18.9 Å². The van der Waals surface area contributed by atoms with E-state index in [9.17, 15) is 0 Å². The first-order valence-corrected chi connectivity index (χ1v) is 7.54. The van der Waals surface area contributed by atoms with Crippen molar-refractivity contribution in [2.24, 2.45) is 5.73 Å². The summed E-state index contributed by atoms with van der Waals surface area (Å²) < 4.78 is 10.8. The minimum Gasteiger partial charge on any atom is -0.454 e. The predicted molar refractivity (Wildman–Crippen MR) is 81.5 cm³/mol. The highest BCUT2D eigenvalue weighted by atomic mass is 35.5. The molecule has 1 aromatic carbocycles. The van der Waals surface area contributed by atoms with E-state index in [1.807, 2.05) is 12.1 Å². The summed E-state index contributed by atoms with van der Waals surface area (Å²) in [5.41, 5.74) is 7.03. The van der Waals surface area contributed by atoms with Crippen LogP contribution in [0.5, 0.6) is 11.5 Å². The summed E-state index contributed by atoms with van der Waals surface area (Å²) in [4.78, 5) is 2.28. The van der Waals surface area contributed by atoms with E-state index in [0.29, 0.717) is 23.1 Å². The lowest BCUT2D eigenvalue weighted by molar-refractivity contribution is 0.174. The van der Waals surface area contributed by atoms with Gasteiger partial charge >= 0.3 is 0 Å². The smallest absolute Gasteiger partial charge is 0.231 e. The molecule has 2 rings (SSSR count). The van der Waals surface area contributed by atoms with E-state index in [4.69, 9.17) is 26.8 Å². The Morgan fingerprint density at radius 1 is 1.35 bits per heavy atom. The third-order valence-corrected chi connectivity index (χ3v) is 3.98. The molecule has 2 N–H and O–H groups in total. The quantitative estimate of drug-likeness (QED) is 0.785. The summed E-state index contributed by atoms with van der Waals surface area (Å²) in [6.07, 6.45) is 3.64. The number of likely N-dealkylation sites (N-methyl/N-ethyl adjacent to an activating group) is 1. The van der Waals surface area contributed by atoms with Gasteiger partial charge in [0.15, 0.2) is 11.5 Å². The Balaban J connectivity index is 2.13. The molecule has 0 radical (unpaired) electrons. The van der Waals surface area contributed by atoms with Crippen LogP contribution in [0, 0.1) is 0 Å². The SMILES string of the molecule is CCCCCN(C)C(CN)c1cc(Cl)c2c(c1)OCO2. The molecule has 20 heavy (non-hydrogen) atoms. The zero-order chi connectivity index (χ0) is 14.5. The number of nitrogens with two attached hydrogens (primary N) is 1. The van der Waals surface area contributed by atoms with Crippen molar-refractivity contribution >= 4 is 11.6 Å². The van der Waals surface area contributed by atoms with E-state index in [-0.39, 0.29) is 12.8 Å². The first kappa shape index (κ1) is 15.4. The second kappa shape index (κ2) is 7.16. The predicted octanol–water partition coefficient (Wildman–Crippen LogP) is 3.19. The van der Waals surface area contributed by atoms with Crippen molar-refractivity contribution in [2.75, 3.05) is 26.9 Å². The van der Waals surface area contributed by atoms with Gasteiger partial charge in [-0.1, -0.05) is 31.4 Å². The lowest BCUT2D eigenvalue weighted by atomic mass is 10.0. The van der Waals surface area contributed by atoms with Crippen molar-refractivity contribution in [3.05, 3.63) is 22.7 Å². The maximum Gasteiger partial charge on any atom is 0.231 e. The molecule has 112 valence electrons. The Labute approximate surface area is 125 Å². The number of hydrogen-bond donors (Lipinski definition) is 1. The van der Waals surface area contributed by atoms with Crippen molar-refractivity contribution in [3.8, 4) is 11.5 Å². The molecule has 0 saturated heterocycles. The molecule has 0 amide bonds. The van der Waals surface area contributed by atoms with Gasteiger partial charge in [0.05, 0.1) is 5.02 Å². The van der Waals surface area contributed by atoms with Gasteiger partial charge in [-0.3, -0.25) is 4.90 Å². The highest BCUT2D eigenvalue weighted by Crippen LogP contribution is 2.41. The van der Waals surface area contributed by atoms with Crippen molar-refractivity contribution in [3.63, 3.8) is 0 Å². The molecule has 1 atom stereocenters. The first-order chi connectivity index (χ1) is 9.67. The van der Waals surface area contributed by atoms with Crippen molar-refractivity contribution in [1.82, 2.24) is 4.90 Å². The fraction of sp³-hybridized carbons (Fsp3) is 0.600. The second-order valence-electron chi connectivity index (χ2n) is 5.18. The van der Waals surface area contributed by atoms with Crippen molar-refractivity contribution in [2.45, 2.75) is 32.2 Å². The lowest BCUT2D eigenvalue weighted by Gasteiger charge is -2.27. The highest BCUT2D eigenvalue weighted by molar-refractivity contribution is 6.32. The Hall–Kier alpha value is -0.970. The maximum atomic E-state index is 6.24. The molecule has 5 heteroatoms. The molecule has 1 unspecified atom stereocenters. The highest BCUT2D eigenvalue weighted by Gasteiger charge is 2.23. The molecule has 1 aromatic rings. The Bertz CT molecular complexity index is 454. The number of unbranched alkanes of at least 4 members (excludes halogenated alkanes) is 2. The molecule has 1 aliphatic heterocycles. The number of fused-ring (bicyclic) bond motifs is 1. The number of ether oxygens (including phenoxy) is 2. The molecule has 0 spiro atoms. The average Bonchev–Trinajstić information content (AvgIpc) is 2.89. The minimum absolute atomic E-state index is 0.152. The normalized spacial score (nSPS) is 14.8. The molecule has 4 nitrogen and oxygen atoms in total. The standard InChI is InChI=1S/C15H23ClN2O2/c1-3-4-5-6-18(2)13(9-17)11-7-12(16)15-14(8-11)19-10-20-15/h7-8,13H,3-6,9-10,17H2,1-2H3. The summed E-state index contributed by atoms with van der Waals surface area (Å²) in [7, 11) is 2.10. The summed E-state index contributed by atoms with van der Waals surface area (Å²) in [5.74, 6) is 1.35. The fourth-order valence-corrected chi connectivity index (χ4v) is 2.79. The monoisotopic (exact) mass is 298 g/mol. The van der Waals surface area contributed by atoms with Gasteiger partial charge in [-0.05, 0) is 37.7 Å². The third kappa shape index (κ3) is 3.37. The van der Waals surface area contributed by atoms with Gasteiger partial charge in [-0.2, -0.15) is 0 Å². The lowest BCUT2D eigenvalue weighted by Crippen LogP contribution is -2.31. The Morgan fingerprint density at radius 3 is 2.85 bits per heavy atom. The summed E-state index contributed by atoms with van der Waals surface area (Å²) in [6.45, 7) is 4.02. The zero-order valence-corrected chi connectivity index (χ0v) is 12.9. The second-order valence-corrected chi connectivity index (χ2v) is 5.58. The van der Waals surface area contributed by atoms with Gasteiger partial charge in [0.25, 0.3) is 0 Å². The molecule has 0 aromatic heterocycles. The van der Waals surface area contributed by atoms with E-state index in [1.54, 1.807) is 0 Å². The van der Waals surface area contributed by atoms with Gasteiger partial charge in [0, 0.05) is 12.6 Å². The van der Waals surface area contributed by atoms with Crippen molar-refractivity contribution in [1.29, 1.82) is 0 Å². The van der Waals surface area contributed by atoms with E-state index < -0.39 is 0 Å². The number of hydrogen-bond acceptors (Lipinski definition) is 4. The van der Waals surface area contributed by atoms with Crippen LogP contribution in [0.4, 0.5) is 0 Å². The van der Waals surface area contributed by atoms with E-state index >= 15 is 0 Å². The van der Waals surface area contributed by atoms with E-state index in [0.717, 1.165) is 12.1 Å². The van der Waals surface area contributed by atoms with E-state index in [1.165, 1.54) is 19.3 Å². The van der Waals surface area contributed by atoms with Crippen LogP contribution < -0.4 is 15.2 Å². The van der Waals surface area contributed by atoms with Crippen LogP contribution in [0.2, 0.25) is 5.02 Å². The van der Waals surface area contributed by atoms with Crippen LogP contribution in [0.25, 0.3) is 0 Å². The maximum absolute atomic E-state index is 6.24. The first-order valence-electron chi connectivity index (χ1n) is 7.16. The largest absolute Gasteiger partial charge is 0.454 e. The van der Waals surface area contributed by atoms with Gasteiger partial charge in [-0.15, -0.1) is 0 Å². The van der Waals surface area contributed by atoms with Crippen LogP contribution in [-0.4, -0.2) is 31.8 Å². The van der Waals surface area contributed by atoms with Crippen LogP contribution in [-0.2, 0) is 0 Å². The van der Waals surface area contributed by atoms with Crippen molar-refractivity contribution < 1.29 is 9.47 Å². The minimum atomic E-state index is 0.152. The Kier molecular flexibility index (Phi) is 5.52. The molecule has 1 aliphatic rings. The van der Waals surface area contributed by atoms with Crippen LogP contribution in [0.15, 0.2) is 12.1 Å². The fourth-order valence-electron chi connectivity index (χ4n) is 2.52. The molecule has 0 saturated carbocycles. The number of rotatable bonds is 7. The van der Waals surface area contributed by atoms with Crippen LogP contribution >= 0.6 is 11.6 Å². The molecular formula is C15H23ClN2O2. The van der Waals surface area contributed by atoms with Crippen LogP contribution in [0.3, 0.4) is 0 Å². The Morgan fingerprint density at radius 2 is 2.15 bits per heavy atom. The topological polar surface area (TPSA) is 47.7 Å². The molecule has 0 bridgehead atoms. The van der Waals surface area contributed by atoms with Crippen LogP contribution in [0.1, 0.15) is 37.8 Å². The van der Waals surface area contributed by atoms with Gasteiger partial charge in [0.1, 0.15) is 0 Å². The number of halogens is 1. The summed E-state index contributed by atoms with van der Waals surface area (Å²) in [5, 5.41) is 0.593. The van der Waals surface area contributed by atoms with Gasteiger partial charge in [-0.25, -0.2) is 0 Å². The average molecular weight is 299 g/mol.